The van der Waals surface area contributed by atoms with Gasteiger partial charge >= 0.3 is 0 Å². The average molecular weight is 269 g/mol. The second kappa shape index (κ2) is 4.47. The molecule has 0 aliphatic rings. The van der Waals surface area contributed by atoms with Crippen LogP contribution in [0.15, 0.2) is 30.3 Å². The molecule has 2 nitrogen and oxygen atoms in total. The van der Waals surface area contributed by atoms with Gasteiger partial charge in [-0.05, 0) is 42.8 Å². The number of aryl methyl sites for hydroxylation is 1. The maximum absolute atomic E-state index is 9.98. The summed E-state index contributed by atoms with van der Waals surface area (Å²) < 4.78 is 0. The smallest absolute Gasteiger partial charge is 0.126 e. The zero-order valence-electron chi connectivity index (χ0n) is 9.04. The van der Waals surface area contributed by atoms with Crippen molar-refractivity contribution in [3.63, 3.8) is 0 Å². The van der Waals surface area contributed by atoms with E-state index < -0.39 is 0 Å². The zero-order chi connectivity index (χ0) is 12.6. The molecule has 0 unspecified atom stereocenters. The number of hydrogen-bond acceptors (Lipinski definition) is 2. The second-order valence-corrected chi connectivity index (χ2v) is 4.65. The summed E-state index contributed by atoms with van der Waals surface area (Å²) in [5.41, 5.74) is 1.57. The minimum Gasteiger partial charge on any atom is -0.507 e. The Hall–Kier alpha value is -1.38. The molecule has 0 spiro atoms. The fraction of sp³-hybridized carbons (Fsp3) is 0.0769. The quantitative estimate of drug-likeness (QED) is 0.806. The van der Waals surface area contributed by atoms with E-state index in [0.29, 0.717) is 26.7 Å². The van der Waals surface area contributed by atoms with Gasteiger partial charge in [0.25, 0.3) is 0 Å². The molecule has 4 heteroatoms. The molecule has 2 aromatic carbocycles. The third-order valence-electron chi connectivity index (χ3n) is 2.51. The molecule has 0 fully saturated rings. The molecule has 0 heterocycles. The minimum absolute atomic E-state index is 0.0476. The summed E-state index contributed by atoms with van der Waals surface area (Å²) in [4.78, 5) is 0. The van der Waals surface area contributed by atoms with Crippen LogP contribution < -0.4 is 0 Å². The number of phenolic OH excluding ortho intramolecular Hbond substituents is 2. The van der Waals surface area contributed by atoms with Crippen molar-refractivity contribution < 1.29 is 10.2 Å². The molecule has 0 saturated carbocycles. The number of phenols is 2. The van der Waals surface area contributed by atoms with Gasteiger partial charge in [0.05, 0.1) is 0 Å². The van der Waals surface area contributed by atoms with Crippen molar-refractivity contribution in [1.82, 2.24) is 0 Å². The highest BCUT2D eigenvalue weighted by Crippen LogP contribution is 2.40. The van der Waals surface area contributed by atoms with Crippen LogP contribution in [0.1, 0.15) is 5.56 Å². The molecule has 2 N–H and O–H groups in total. The lowest BCUT2D eigenvalue weighted by atomic mass is 10.0. The van der Waals surface area contributed by atoms with Crippen LogP contribution in [0.25, 0.3) is 11.1 Å². The SMILES string of the molecule is Cc1cc(Cl)cc(-c2cc(Cl)ccc2O)c1O. The van der Waals surface area contributed by atoms with Crippen molar-refractivity contribution in [2.45, 2.75) is 6.92 Å². The van der Waals surface area contributed by atoms with Gasteiger partial charge in [-0.2, -0.15) is 0 Å². The highest BCUT2D eigenvalue weighted by atomic mass is 35.5. The summed E-state index contributed by atoms with van der Waals surface area (Å²) >= 11 is 11.8. The Morgan fingerprint density at radius 3 is 2.24 bits per heavy atom. The van der Waals surface area contributed by atoms with Crippen LogP contribution in [-0.4, -0.2) is 10.2 Å². The van der Waals surface area contributed by atoms with Crippen molar-refractivity contribution in [1.29, 1.82) is 0 Å². The van der Waals surface area contributed by atoms with Crippen LogP contribution in [0.5, 0.6) is 11.5 Å². The normalized spacial score (nSPS) is 10.5. The van der Waals surface area contributed by atoms with Crippen LogP contribution in [0.3, 0.4) is 0 Å². The summed E-state index contributed by atoms with van der Waals surface area (Å²) in [6.07, 6.45) is 0. The molecular formula is C13H10Cl2O2. The lowest BCUT2D eigenvalue weighted by Gasteiger charge is -2.10. The van der Waals surface area contributed by atoms with E-state index in [4.69, 9.17) is 23.2 Å². The van der Waals surface area contributed by atoms with Crippen LogP contribution >= 0.6 is 23.2 Å². The predicted molar refractivity (Wildman–Crippen MR) is 70.0 cm³/mol. The summed E-state index contributed by atoms with van der Waals surface area (Å²) in [5.74, 6) is 0.137. The van der Waals surface area contributed by atoms with Crippen LogP contribution in [0.2, 0.25) is 10.0 Å². The fourth-order valence-electron chi connectivity index (χ4n) is 1.66. The number of aromatic hydroxyl groups is 2. The molecule has 2 rings (SSSR count). The Balaban J connectivity index is 2.72. The van der Waals surface area contributed by atoms with Crippen LogP contribution in [0, 0.1) is 6.92 Å². The third kappa shape index (κ3) is 2.33. The van der Waals surface area contributed by atoms with Gasteiger partial charge in [-0.15, -0.1) is 0 Å². The first-order chi connectivity index (χ1) is 7.99. The molecule has 0 aromatic heterocycles. The summed E-state index contributed by atoms with van der Waals surface area (Å²) in [6, 6.07) is 7.89. The van der Waals surface area contributed by atoms with E-state index in [1.807, 2.05) is 0 Å². The first-order valence-corrected chi connectivity index (χ1v) is 5.72. The van der Waals surface area contributed by atoms with Gasteiger partial charge in [0.1, 0.15) is 11.5 Å². The predicted octanol–water partition coefficient (Wildman–Crippen LogP) is 4.38. The maximum Gasteiger partial charge on any atom is 0.126 e. The van der Waals surface area contributed by atoms with Crippen molar-refractivity contribution in [2.75, 3.05) is 0 Å². The minimum atomic E-state index is 0.0476. The lowest BCUT2D eigenvalue weighted by Crippen LogP contribution is -1.84. The Kier molecular flexibility index (Phi) is 3.18. The molecule has 0 bridgehead atoms. The van der Waals surface area contributed by atoms with Gasteiger partial charge in [0.15, 0.2) is 0 Å². The van der Waals surface area contributed by atoms with Gasteiger partial charge in [-0.25, -0.2) is 0 Å². The monoisotopic (exact) mass is 268 g/mol. The molecule has 0 saturated heterocycles. The van der Waals surface area contributed by atoms with E-state index in [9.17, 15) is 10.2 Å². The Morgan fingerprint density at radius 1 is 0.882 bits per heavy atom. The van der Waals surface area contributed by atoms with Crippen LogP contribution in [-0.2, 0) is 0 Å². The van der Waals surface area contributed by atoms with E-state index >= 15 is 0 Å². The summed E-state index contributed by atoms with van der Waals surface area (Å²) in [6.45, 7) is 1.74. The second-order valence-electron chi connectivity index (χ2n) is 3.78. The van der Waals surface area contributed by atoms with Gasteiger partial charge in [-0.1, -0.05) is 23.2 Å². The van der Waals surface area contributed by atoms with E-state index in [1.165, 1.54) is 6.07 Å². The Bertz CT molecular complexity index is 580. The highest BCUT2D eigenvalue weighted by Gasteiger charge is 2.12. The van der Waals surface area contributed by atoms with Crippen molar-refractivity contribution >= 4 is 23.2 Å². The van der Waals surface area contributed by atoms with Crippen molar-refractivity contribution in [3.05, 3.63) is 45.9 Å². The highest BCUT2D eigenvalue weighted by molar-refractivity contribution is 6.31. The van der Waals surface area contributed by atoms with Gasteiger partial charge in [-0.3, -0.25) is 0 Å². The average Bonchev–Trinajstić information content (AvgIpc) is 2.27. The van der Waals surface area contributed by atoms with Gasteiger partial charge < -0.3 is 10.2 Å². The largest absolute Gasteiger partial charge is 0.507 e. The molecule has 2 aromatic rings. The fourth-order valence-corrected chi connectivity index (χ4v) is 2.11. The third-order valence-corrected chi connectivity index (χ3v) is 2.97. The standard InChI is InChI=1S/C13H10Cl2O2/c1-7-4-9(15)6-11(13(7)17)10-5-8(14)2-3-12(10)16/h2-6,16-17H,1H3. The van der Waals surface area contributed by atoms with Crippen molar-refractivity contribution in [2.24, 2.45) is 0 Å². The van der Waals surface area contributed by atoms with Crippen molar-refractivity contribution in [3.8, 4) is 22.6 Å². The Morgan fingerprint density at radius 2 is 1.53 bits per heavy atom. The Labute approximate surface area is 109 Å². The summed E-state index contributed by atoms with van der Waals surface area (Å²) in [7, 11) is 0. The maximum atomic E-state index is 9.98. The van der Waals surface area contributed by atoms with E-state index in [1.54, 1.807) is 31.2 Å². The molecule has 0 amide bonds. The van der Waals surface area contributed by atoms with Gasteiger partial charge in [0, 0.05) is 21.2 Å². The molecule has 0 aliphatic heterocycles. The number of rotatable bonds is 1. The lowest BCUT2D eigenvalue weighted by molar-refractivity contribution is 0.467. The van der Waals surface area contributed by atoms with E-state index in [2.05, 4.69) is 0 Å². The number of halogens is 2. The first-order valence-electron chi connectivity index (χ1n) is 4.97. The van der Waals surface area contributed by atoms with E-state index in [0.717, 1.165) is 0 Å². The molecule has 17 heavy (non-hydrogen) atoms. The van der Waals surface area contributed by atoms with Crippen LogP contribution in [0.4, 0.5) is 0 Å². The molecule has 0 atom stereocenters. The molecular weight excluding hydrogens is 259 g/mol. The van der Waals surface area contributed by atoms with E-state index in [-0.39, 0.29) is 11.5 Å². The number of benzene rings is 2. The van der Waals surface area contributed by atoms with Gasteiger partial charge in [0.2, 0.25) is 0 Å². The zero-order valence-corrected chi connectivity index (χ0v) is 10.5. The molecule has 0 aliphatic carbocycles. The first kappa shape index (κ1) is 12.1. The molecule has 0 radical (unpaired) electrons. The number of hydrogen-bond donors (Lipinski definition) is 2. The molecule has 88 valence electrons. The summed E-state index contributed by atoms with van der Waals surface area (Å²) in [5, 5.41) is 20.7. The topological polar surface area (TPSA) is 40.5 Å².